The van der Waals surface area contributed by atoms with Crippen molar-refractivity contribution in [2.24, 2.45) is 0 Å². The highest BCUT2D eigenvalue weighted by molar-refractivity contribution is 7.92. The Morgan fingerprint density at radius 1 is 1.00 bits per heavy atom. The summed E-state index contributed by atoms with van der Waals surface area (Å²) in [6, 6.07) is 11.6. The third kappa shape index (κ3) is 7.15. The predicted octanol–water partition coefficient (Wildman–Crippen LogP) is 3.25. The SMILES string of the molecule is CC[C@H](C)NC(=O)[C@@H](C)N(Cc1ccc(C)cc1)C(=O)CN(c1ccc2c(c1)OCCO2)S(=O)(=O)CC. The number of anilines is 1. The standard InChI is InChI=1S/C27H37N3O6S/c1-6-20(4)28-27(32)21(5)29(17-22-10-8-19(3)9-11-22)26(31)18-30(37(33,34)7-2)23-12-13-24-25(16-23)36-15-14-35-24/h8-13,16,20-21H,6-7,14-15,17-18H2,1-5H3,(H,28,32)/t20-,21+/m0/s1. The molecule has 0 bridgehead atoms. The second kappa shape index (κ2) is 12.3. The molecule has 0 saturated heterocycles. The lowest BCUT2D eigenvalue weighted by molar-refractivity contribution is -0.139. The molecule has 1 N–H and O–H groups in total. The van der Waals surface area contributed by atoms with Crippen LogP contribution in [0.5, 0.6) is 11.5 Å². The predicted molar refractivity (Wildman–Crippen MR) is 143 cm³/mol. The zero-order valence-corrected chi connectivity index (χ0v) is 23.0. The molecule has 2 aromatic carbocycles. The van der Waals surface area contributed by atoms with E-state index < -0.39 is 28.5 Å². The van der Waals surface area contributed by atoms with Crippen molar-refractivity contribution in [2.45, 2.75) is 59.7 Å². The van der Waals surface area contributed by atoms with Gasteiger partial charge in [-0.15, -0.1) is 0 Å². The summed E-state index contributed by atoms with van der Waals surface area (Å²) < 4.78 is 38.5. The van der Waals surface area contributed by atoms with Gasteiger partial charge in [0.05, 0.1) is 11.4 Å². The third-order valence-electron chi connectivity index (χ3n) is 6.44. The van der Waals surface area contributed by atoms with E-state index in [2.05, 4.69) is 5.32 Å². The average Bonchev–Trinajstić information content (AvgIpc) is 2.90. The molecular weight excluding hydrogens is 494 g/mol. The molecule has 202 valence electrons. The lowest BCUT2D eigenvalue weighted by Gasteiger charge is -2.32. The number of rotatable bonds is 11. The number of sulfonamides is 1. The molecule has 0 unspecified atom stereocenters. The number of nitrogens with zero attached hydrogens (tertiary/aromatic N) is 2. The minimum Gasteiger partial charge on any atom is -0.486 e. The molecule has 9 nitrogen and oxygen atoms in total. The van der Waals surface area contributed by atoms with Gasteiger partial charge in [-0.2, -0.15) is 0 Å². The van der Waals surface area contributed by atoms with Crippen LogP contribution in [0.4, 0.5) is 5.69 Å². The Morgan fingerprint density at radius 3 is 2.27 bits per heavy atom. The van der Waals surface area contributed by atoms with Crippen LogP contribution in [0.2, 0.25) is 0 Å². The summed E-state index contributed by atoms with van der Waals surface area (Å²) >= 11 is 0. The lowest BCUT2D eigenvalue weighted by atomic mass is 10.1. The molecule has 1 aliphatic rings. The van der Waals surface area contributed by atoms with E-state index in [1.54, 1.807) is 25.1 Å². The molecule has 2 amide bonds. The Balaban J connectivity index is 1.94. The van der Waals surface area contributed by atoms with Crippen molar-refractivity contribution in [3.8, 4) is 11.5 Å². The molecule has 2 aromatic rings. The van der Waals surface area contributed by atoms with Crippen LogP contribution in [-0.2, 0) is 26.2 Å². The molecule has 0 fully saturated rings. The summed E-state index contributed by atoms with van der Waals surface area (Å²) in [5.74, 6) is -0.0355. The Hall–Kier alpha value is -3.27. The Labute approximate surface area is 219 Å². The summed E-state index contributed by atoms with van der Waals surface area (Å²) in [6.07, 6.45) is 0.747. The van der Waals surface area contributed by atoms with E-state index in [0.29, 0.717) is 30.4 Å². The Morgan fingerprint density at radius 2 is 1.65 bits per heavy atom. The lowest BCUT2D eigenvalue weighted by Crippen LogP contribution is -2.52. The fourth-order valence-electron chi connectivity index (χ4n) is 3.85. The van der Waals surface area contributed by atoms with Gasteiger partial charge in [-0.3, -0.25) is 13.9 Å². The van der Waals surface area contributed by atoms with Crippen molar-refractivity contribution in [1.29, 1.82) is 0 Å². The van der Waals surface area contributed by atoms with Gasteiger partial charge < -0.3 is 19.7 Å². The maximum absolute atomic E-state index is 13.7. The zero-order valence-electron chi connectivity index (χ0n) is 22.2. The Kier molecular flexibility index (Phi) is 9.42. The van der Waals surface area contributed by atoms with Crippen LogP contribution in [-0.4, -0.2) is 62.7 Å². The second-order valence-electron chi connectivity index (χ2n) is 9.24. The van der Waals surface area contributed by atoms with Crippen LogP contribution in [0.15, 0.2) is 42.5 Å². The van der Waals surface area contributed by atoms with Gasteiger partial charge in [0.1, 0.15) is 25.8 Å². The van der Waals surface area contributed by atoms with Crippen molar-refractivity contribution < 1.29 is 27.5 Å². The second-order valence-corrected chi connectivity index (χ2v) is 11.4. The number of amides is 2. The van der Waals surface area contributed by atoms with E-state index in [1.165, 1.54) is 11.8 Å². The minimum atomic E-state index is -3.83. The number of carbonyl (C=O) groups excluding carboxylic acids is 2. The van der Waals surface area contributed by atoms with Crippen molar-refractivity contribution in [2.75, 3.05) is 29.8 Å². The van der Waals surface area contributed by atoms with Crippen LogP contribution in [0, 0.1) is 6.92 Å². The number of nitrogens with one attached hydrogen (secondary N) is 1. The molecule has 37 heavy (non-hydrogen) atoms. The van der Waals surface area contributed by atoms with E-state index in [0.717, 1.165) is 21.9 Å². The number of benzene rings is 2. The van der Waals surface area contributed by atoms with Crippen LogP contribution >= 0.6 is 0 Å². The monoisotopic (exact) mass is 531 g/mol. The first kappa shape index (κ1) is 28.3. The highest BCUT2D eigenvalue weighted by atomic mass is 32.2. The van der Waals surface area contributed by atoms with E-state index >= 15 is 0 Å². The molecule has 1 aliphatic heterocycles. The first-order chi connectivity index (χ1) is 17.6. The molecule has 0 aromatic heterocycles. The number of hydrogen-bond acceptors (Lipinski definition) is 6. The summed E-state index contributed by atoms with van der Waals surface area (Å²) in [5, 5.41) is 2.93. The van der Waals surface area contributed by atoms with Crippen molar-refractivity contribution in [3.63, 3.8) is 0 Å². The molecular formula is C27H37N3O6S. The topological polar surface area (TPSA) is 105 Å². The van der Waals surface area contributed by atoms with Crippen LogP contribution in [0.3, 0.4) is 0 Å². The molecule has 0 spiro atoms. The molecule has 0 radical (unpaired) electrons. The van der Waals surface area contributed by atoms with Crippen LogP contribution in [0.25, 0.3) is 0 Å². The minimum absolute atomic E-state index is 0.0547. The fraction of sp³-hybridized carbons (Fsp3) is 0.481. The van der Waals surface area contributed by atoms with Gasteiger partial charge in [-0.05, 0) is 51.8 Å². The molecule has 10 heteroatoms. The summed E-state index contributed by atoms with van der Waals surface area (Å²) in [4.78, 5) is 28.2. The smallest absolute Gasteiger partial charge is 0.244 e. The van der Waals surface area contributed by atoms with Gasteiger partial charge in [-0.25, -0.2) is 8.42 Å². The quantitative estimate of drug-likeness (QED) is 0.477. The van der Waals surface area contributed by atoms with E-state index in [9.17, 15) is 18.0 Å². The summed E-state index contributed by atoms with van der Waals surface area (Å²) in [6.45, 7) is 9.48. The van der Waals surface area contributed by atoms with Gasteiger partial charge >= 0.3 is 0 Å². The van der Waals surface area contributed by atoms with Gasteiger partial charge in [0, 0.05) is 18.7 Å². The number of aryl methyl sites for hydroxylation is 1. The molecule has 1 heterocycles. The number of carbonyl (C=O) groups is 2. The summed E-state index contributed by atoms with van der Waals surface area (Å²) in [7, 11) is -3.83. The highest BCUT2D eigenvalue weighted by Crippen LogP contribution is 2.35. The number of ether oxygens (including phenoxy) is 2. The molecule has 0 aliphatic carbocycles. The highest BCUT2D eigenvalue weighted by Gasteiger charge is 2.32. The van der Waals surface area contributed by atoms with Crippen molar-refractivity contribution in [1.82, 2.24) is 10.2 Å². The van der Waals surface area contributed by atoms with Gasteiger partial charge in [0.2, 0.25) is 21.8 Å². The van der Waals surface area contributed by atoms with E-state index in [1.807, 2.05) is 45.0 Å². The fourth-order valence-corrected chi connectivity index (χ4v) is 4.90. The first-order valence-electron chi connectivity index (χ1n) is 12.6. The molecule has 2 atom stereocenters. The normalized spacial score (nSPS) is 14.4. The number of fused-ring (bicyclic) bond motifs is 1. The van der Waals surface area contributed by atoms with Crippen molar-refractivity contribution >= 4 is 27.5 Å². The summed E-state index contributed by atoms with van der Waals surface area (Å²) in [5.41, 5.74) is 2.21. The Bertz CT molecular complexity index is 1200. The maximum atomic E-state index is 13.7. The van der Waals surface area contributed by atoms with Crippen LogP contribution in [0.1, 0.15) is 45.2 Å². The molecule has 3 rings (SSSR count). The largest absolute Gasteiger partial charge is 0.486 e. The van der Waals surface area contributed by atoms with Gasteiger partial charge in [0.15, 0.2) is 11.5 Å². The third-order valence-corrected chi connectivity index (χ3v) is 8.18. The maximum Gasteiger partial charge on any atom is 0.244 e. The zero-order chi connectivity index (χ0) is 27.2. The van der Waals surface area contributed by atoms with Crippen LogP contribution < -0.4 is 19.1 Å². The average molecular weight is 532 g/mol. The van der Waals surface area contributed by atoms with E-state index in [-0.39, 0.29) is 24.2 Å². The number of hydrogen-bond donors (Lipinski definition) is 1. The van der Waals surface area contributed by atoms with Crippen molar-refractivity contribution in [3.05, 3.63) is 53.6 Å². The first-order valence-corrected chi connectivity index (χ1v) is 14.2. The van der Waals surface area contributed by atoms with Gasteiger partial charge in [0.25, 0.3) is 0 Å². The van der Waals surface area contributed by atoms with Gasteiger partial charge in [-0.1, -0.05) is 36.8 Å². The van der Waals surface area contributed by atoms with E-state index in [4.69, 9.17) is 9.47 Å². The molecule has 0 saturated carbocycles.